The maximum atomic E-state index is 13.0. The fourth-order valence-electron chi connectivity index (χ4n) is 3.85. The van der Waals surface area contributed by atoms with Gasteiger partial charge in [-0.1, -0.05) is 72.8 Å². The summed E-state index contributed by atoms with van der Waals surface area (Å²) < 4.78 is 2.00. The molecule has 0 aliphatic carbocycles. The van der Waals surface area contributed by atoms with E-state index < -0.39 is 0 Å². The van der Waals surface area contributed by atoms with Crippen LogP contribution in [-0.2, 0) is 19.6 Å². The fourth-order valence-corrected chi connectivity index (χ4v) is 3.99. The van der Waals surface area contributed by atoms with E-state index in [1.54, 1.807) is 12.5 Å². The van der Waals surface area contributed by atoms with Gasteiger partial charge in [-0.15, -0.1) is 0 Å². The first kappa shape index (κ1) is 24.2. The average molecular weight is 484 g/mol. The molecular formula is C28H29N5OS. The number of hydrogen-bond donors (Lipinski definition) is 3. The van der Waals surface area contributed by atoms with Gasteiger partial charge < -0.3 is 20.5 Å². The smallest absolute Gasteiger partial charge is 0.251 e. The Balaban J connectivity index is 1.38. The zero-order valence-corrected chi connectivity index (χ0v) is 20.3. The summed E-state index contributed by atoms with van der Waals surface area (Å²) in [6.45, 7) is 2.63. The number of carbonyl (C=O) groups excluding carboxylic acids is 1. The molecule has 6 nitrogen and oxygen atoms in total. The molecule has 0 unspecified atom stereocenters. The Kier molecular flexibility index (Phi) is 8.62. The van der Waals surface area contributed by atoms with Crippen molar-refractivity contribution < 1.29 is 4.79 Å². The second-order valence-electron chi connectivity index (χ2n) is 8.13. The van der Waals surface area contributed by atoms with Gasteiger partial charge in [-0.3, -0.25) is 4.79 Å². The summed E-state index contributed by atoms with van der Waals surface area (Å²) in [5.41, 5.74) is 4.81. The lowest BCUT2D eigenvalue weighted by atomic mass is 9.95. The monoisotopic (exact) mass is 483 g/mol. The molecule has 0 saturated heterocycles. The fraction of sp³-hybridized carbons (Fsp3) is 0.179. The first-order valence-corrected chi connectivity index (χ1v) is 12.1. The van der Waals surface area contributed by atoms with Crippen LogP contribution < -0.4 is 16.0 Å². The molecule has 0 aliphatic rings. The zero-order chi connectivity index (χ0) is 24.3. The number of benzene rings is 3. The van der Waals surface area contributed by atoms with Gasteiger partial charge in [0.15, 0.2) is 5.11 Å². The number of nitrogens with zero attached hydrogens (tertiary/aromatic N) is 2. The molecule has 0 bridgehead atoms. The highest BCUT2D eigenvalue weighted by molar-refractivity contribution is 7.80. The number of nitrogens with one attached hydrogen (secondary N) is 3. The van der Waals surface area contributed by atoms with E-state index in [0.717, 1.165) is 29.7 Å². The molecule has 0 radical (unpaired) electrons. The van der Waals surface area contributed by atoms with E-state index in [2.05, 4.69) is 39.1 Å². The van der Waals surface area contributed by atoms with Gasteiger partial charge in [0.05, 0.1) is 6.33 Å². The van der Waals surface area contributed by atoms with Crippen LogP contribution in [0.15, 0.2) is 97.6 Å². The molecule has 1 amide bonds. The maximum Gasteiger partial charge on any atom is 0.251 e. The van der Waals surface area contributed by atoms with Gasteiger partial charge in [-0.2, -0.15) is 0 Å². The molecule has 0 aliphatic heterocycles. The van der Waals surface area contributed by atoms with Crippen LogP contribution in [-0.4, -0.2) is 27.1 Å². The molecule has 178 valence electrons. The van der Waals surface area contributed by atoms with E-state index in [1.807, 2.05) is 71.4 Å². The molecule has 0 spiro atoms. The number of carbonyl (C=O) groups is 1. The van der Waals surface area contributed by atoms with E-state index in [0.29, 0.717) is 30.3 Å². The SMILES string of the molecule is O=C(NCCCn1ccnc1)c1ccccc1-c1ccccc1CNC(=S)NCc1ccccc1. The highest BCUT2D eigenvalue weighted by Crippen LogP contribution is 2.27. The van der Waals surface area contributed by atoms with Crippen molar-refractivity contribution in [2.75, 3.05) is 6.54 Å². The maximum absolute atomic E-state index is 13.0. The van der Waals surface area contributed by atoms with Gasteiger partial charge in [0.1, 0.15) is 0 Å². The standard InChI is InChI=1S/C28H29N5OS/c34-27(30-15-8-17-33-18-16-29-21-33)26-14-7-6-13-25(26)24-12-5-4-11-23(24)20-32-28(35)31-19-22-9-2-1-3-10-22/h1-7,9-14,16,18,21H,8,15,17,19-20H2,(H,30,34)(H2,31,32,35). The number of rotatable bonds is 10. The van der Waals surface area contributed by atoms with Gasteiger partial charge in [-0.05, 0) is 47.0 Å². The quantitative estimate of drug-likeness (QED) is 0.228. The molecule has 3 aromatic carbocycles. The highest BCUT2D eigenvalue weighted by Gasteiger charge is 2.14. The highest BCUT2D eigenvalue weighted by atomic mass is 32.1. The van der Waals surface area contributed by atoms with Crippen LogP contribution in [0.1, 0.15) is 27.9 Å². The summed E-state index contributed by atoms with van der Waals surface area (Å²) in [5, 5.41) is 10.2. The summed E-state index contributed by atoms with van der Waals surface area (Å²) in [7, 11) is 0. The Morgan fingerprint density at radius 2 is 1.54 bits per heavy atom. The Labute approximate surface area is 211 Å². The van der Waals surface area contributed by atoms with Crippen LogP contribution in [0, 0.1) is 0 Å². The van der Waals surface area contributed by atoms with Crippen molar-refractivity contribution in [2.24, 2.45) is 0 Å². The lowest BCUT2D eigenvalue weighted by Gasteiger charge is -2.16. The van der Waals surface area contributed by atoms with Crippen LogP contribution in [0.3, 0.4) is 0 Å². The van der Waals surface area contributed by atoms with Crippen molar-refractivity contribution in [3.63, 3.8) is 0 Å². The van der Waals surface area contributed by atoms with E-state index in [9.17, 15) is 4.79 Å². The normalized spacial score (nSPS) is 10.5. The van der Waals surface area contributed by atoms with Gasteiger partial charge >= 0.3 is 0 Å². The molecule has 35 heavy (non-hydrogen) atoms. The van der Waals surface area contributed by atoms with Gasteiger partial charge in [0, 0.05) is 44.1 Å². The summed E-state index contributed by atoms with van der Waals surface area (Å²) in [4.78, 5) is 17.1. The third kappa shape index (κ3) is 7.01. The topological polar surface area (TPSA) is 71.0 Å². The minimum atomic E-state index is -0.0750. The second-order valence-corrected chi connectivity index (χ2v) is 8.54. The number of aromatic nitrogens is 2. The number of hydrogen-bond acceptors (Lipinski definition) is 3. The largest absolute Gasteiger partial charge is 0.359 e. The molecule has 7 heteroatoms. The number of imidazole rings is 1. The second kappa shape index (κ2) is 12.5. The van der Waals surface area contributed by atoms with Crippen molar-refractivity contribution in [3.05, 3.63) is 114 Å². The predicted molar refractivity (Wildman–Crippen MR) is 144 cm³/mol. The van der Waals surface area contributed by atoms with Crippen LogP contribution in [0.2, 0.25) is 0 Å². The van der Waals surface area contributed by atoms with Crippen molar-refractivity contribution in [1.82, 2.24) is 25.5 Å². The minimum absolute atomic E-state index is 0.0750. The molecule has 0 atom stereocenters. The van der Waals surface area contributed by atoms with E-state index >= 15 is 0 Å². The number of amides is 1. The average Bonchev–Trinajstić information content (AvgIpc) is 3.43. The molecule has 4 aromatic rings. The Hall–Kier alpha value is -3.97. The van der Waals surface area contributed by atoms with Crippen molar-refractivity contribution >= 4 is 23.2 Å². The minimum Gasteiger partial charge on any atom is -0.359 e. The summed E-state index contributed by atoms with van der Waals surface area (Å²) in [5.74, 6) is -0.0750. The van der Waals surface area contributed by atoms with Crippen LogP contribution in [0.25, 0.3) is 11.1 Å². The van der Waals surface area contributed by atoms with Gasteiger partial charge in [0.2, 0.25) is 0 Å². The Morgan fingerprint density at radius 1 is 0.829 bits per heavy atom. The molecule has 3 N–H and O–H groups in total. The van der Waals surface area contributed by atoms with Crippen LogP contribution >= 0.6 is 12.2 Å². The summed E-state index contributed by atoms with van der Waals surface area (Å²) in [6.07, 6.45) is 6.29. The lowest BCUT2D eigenvalue weighted by molar-refractivity contribution is 0.0953. The van der Waals surface area contributed by atoms with Crippen molar-refractivity contribution in [1.29, 1.82) is 0 Å². The lowest BCUT2D eigenvalue weighted by Crippen LogP contribution is -2.34. The van der Waals surface area contributed by atoms with Crippen molar-refractivity contribution in [2.45, 2.75) is 26.1 Å². The summed E-state index contributed by atoms with van der Waals surface area (Å²) >= 11 is 5.48. The van der Waals surface area contributed by atoms with Crippen LogP contribution in [0.4, 0.5) is 0 Å². The zero-order valence-electron chi connectivity index (χ0n) is 19.5. The first-order valence-electron chi connectivity index (χ1n) is 11.7. The molecule has 1 heterocycles. The summed E-state index contributed by atoms with van der Waals surface area (Å²) in [6, 6.07) is 26.0. The first-order chi connectivity index (χ1) is 17.2. The van der Waals surface area contributed by atoms with Crippen LogP contribution in [0.5, 0.6) is 0 Å². The molecule has 4 rings (SSSR count). The van der Waals surface area contributed by atoms with E-state index in [-0.39, 0.29) is 5.91 Å². The van der Waals surface area contributed by atoms with Gasteiger partial charge in [0.25, 0.3) is 5.91 Å². The molecule has 0 saturated carbocycles. The van der Waals surface area contributed by atoms with Gasteiger partial charge in [-0.25, -0.2) is 4.98 Å². The number of thiocarbonyl (C=S) groups is 1. The molecular weight excluding hydrogens is 454 g/mol. The van der Waals surface area contributed by atoms with E-state index in [4.69, 9.17) is 12.2 Å². The van der Waals surface area contributed by atoms with Crippen molar-refractivity contribution in [3.8, 4) is 11.1 Å². The third-order valence-corrected chi connectivity index (χ3v) is 5.94. The third-order valence-electron chi connectivity index (χ3n) is 5.65. The van der Waals surface area contributed by atoms with E-state index in [1.165, 1.54) is 5.56 Å². The molecule has 0 fully saturated rings. The Morgan fingerprint density at radius 3 is 2.34 bits per heavy atom. The Bertz CT molecular complexity index is 1240. The predicted octanol–water partition coefficient (Wildman–Crippen LogP) is 4.53. The molecule has 1 aromatic heterocycles. The number of aryl methyl sites for hydroxylation is 1.